The van der Waals surface area contributed by atoms with E-state index >= 15 is 0 Å². The molecule has 0 saturated carbocycles. The van der Waals surface area contributed by atoms with Crippen molar-refractivity contribution in [3.8, 4) is 11.3 Å². The smallest absolute Gasteiger partial charge is 0.239 e. The highest BCUT2D eigenvalue weighted by Gasteiger charge is 2.23. The third-order valence-electron chi connectivity index (χ3n) is 4.50. The molecule has 0 radical (unpaired) electrons. The van der Waals surface area contributed by atoms with E-state index in [4.69, 9.17) is 4.74 Å². The Morgan fingerprint density at radius 2 is 2.30 bits per heavy atom. The minimum Gasteiger partial charge on any atom is -0.376 e. The van der Waals surface area contributed by atoms with Crippen LogP contribution in [0.25, 0.3) is 11.3 Å². The van der Waals surface area contributed by atoms with Crippen LogP contribution in [0.3, 0.4) is 0 Å². The van der Waals surface area contributed by atoms with Gasteiger partial charge in [0, 0.05) is 17.6 Å². The minimum absolute atomic E-state index is 0.0852. The summed E-state index contributed by atoms with van der Waals surface area (Å²) < 4.78 is 33.8. The van der Waals surface area contributed by atoms with E-state index in [-0.39, 0.29) is 12.0 Å². The first-order valence-corrected chi connectivity index (χ1v) is 11.0. The molecule has 3 aromatic rings. The van der Waals surface area contributed by atoms with Crippen LogP contribution in [0.15, 0.2) is 28.7 Å². The number of hydrogen-bond acceptors (Lipinski definition) is 8. The second-order valence-corrected chi connectivity index (χ2v) is 8.86. The Balaban J connectivity index is 1.37. The van der Waals surface area contributed by atoms with Crippen LogP contribution in [-0.4, -0.2) is 49.1 Å². The molecular formula is C18H18F2N6O2S2. The van der Waals surface area contributed by atoms with E-state index < -0.39 is 16.9 Å². The lowest BCUT2D eigenvalue weighted by Crippen LogP contribution is -2.23. The van der Waals surface area contributed by atoms with Crippen molar-refractivity contribution in [2.45, 2.75) is 42.8 Å². The van der Waals surface area contributed by atoms with E-state index in [0.717, 1.165) is 31.6 Å². The average Bonchev–Trinajstić information content (AvgIpc) is 3.48. The number of benzene rings is 1. The molecule has 0 bridgehead atoms. The fourth-order valence-corrected chi connectivity index (χ4v) is 4.44. The number of aromatic nitrogens is 5. The summed E-state index contributed by atoms with van der Waals surface area (Å²) in [5.74, 6) is -2.13. The van der Waals surface area contributed by atoms with Crippen LogP contribution >= 0.6 is 23.1 Å². The lowest BCUT2D eigenvalue weighted by Gasteiger charge is -2.12. The first kappa shape index (κ1) is 20.8. The molecule has 1 saturated heterocycles. The second kappa shape index (κ2) is 9.14. The van der Waals surface area contributed by atoms with Crippen LogP contribution in [0.1, 0.15) is 19.8 Å². The Kier molecular flexibility index (Phi) is 6.35. The molecular weight excluding hydrogens is 434 g/mol. The number of rotatable bonds is 7. The van der Waals surface area contributed by atoms with Gasteiger partial charge in [0.25, 0.3) is 0 Å². The molecule has 1 amide bonds. The Morgan fingerprint density at radius 3 is 3.07 bits per heavy atom. The van der Waals surface area contributed by atoms with Gasteiger partial charge in [0.2, 0.25) is 11.1 Å². The predicted molar refractivity (Wildman–Crippen MR) is 108 cm³/mol. The van der Waals surface area contributed by atoms with Crippen molar-refractivity contribution >= 4 is 34.1 Å². The maximum atomic E-state index is 13.4. The molecule has 4 rings (SSSR count). The van der Waals surface area contributed by atoms with Crippen molar-refractivity contribution in [2.24, 2.45) is 0 Å². The maximum absolute atomic E-state index is 13.4. The van der Waals surface area contributed by atoms with Crippen molar-refractivity contribution in [3.63, 3.8) is 0 Å². The number of ether oxygens (including phenoxy) is 1. The van der Waals surface area contributed by atoms with E-state index in [1.54, 1.807) is 17.0 Å². The van der Waals surface area contributed by atoms with Gasteiger partial charge in [0.05, 0.1) is 23.6 Å². The lowest BCUT2D eigenvalue weighted by atomic mass is 10.2. The summed E-state index contributed by atoms with van der Waals surface area (Å²) in [7, 11) is 0. The van der Waals surface area contributed by atoms with Crippen LogP contribution in [-0.2, 0) is 16.1 Å². The molecule has 0 aliphatic carbocycles. The lowest BCUT2D eigenvalue weighted by molar-refractivity contribution is -0.115. The van der Waals surface area contributed by atoms with Crippen molar-refractivity contribution in [1.29, 1.82) is 0 Å². The molecule has 8 nitrogen and oxygen atoms in total. The van der Waals surface area contributed by atoms with Crippen molar-refractivity contribution < 1.29 is 18.3 Å². The second-order valence-electron chi connectivity index (χ2n) is 6.69. The number of hydrogen-bond donors (Lipinski definition) is 1. The van der Waals surface area contributed by atoms with Gasteiger partial charge in [-0.1, -0.05) is 11.8 Å². The molecule has 1 aliphatic heterocycles. The van der Waals surface area contributed by atoms with Crippen LogP contribution in [0.4, 0.5) is 13.9 Å². The highest BCUT2D eigenvalue weighted by Crippen LogP contribution is 2.28. The van der Waals surface area contributed by atoms with Crippen LogP contribution in [0.2, 0.25) is 0 Å². The third-order valence-corrected chi connectivity index (χ3v) is 6.33. The number of thiazole rings is 1. The molecule has 158 valence electrons. The highest BCUT2D eigenvalue weighted by atomic mass is 32.2. The Labute approximate surface area is 179 Å². The van der Waals surface area contributed by atoms with Gasteiger partial charge in [-0.3, -0.25) is 4.79 Å². The molecule has 0 spiro atoms. The topological polar surface area (TPSA) is 94.8 Å². The van der Waals surface area contributed by atoms with Crippen molar-refractivity contribution in [3.05, 3.63) is 35.2 Å². The Hall–Kier alpha value is -2.44. The number of halogens is 2. The summed E-state index contributed by atoms with van der Waals surface area (Å²) >= 11 is 2.44. The number of carbonyl (C=O) groups excluding carboxylic acids is 1. The largest absolute Gasteiger partial charge is 0.376 e. The summed E-state index contributed by atoms with van der Waals surface area (Å²) in [5, 5.41) is 16.5. The van der Waals surface area contributed by atoms with Crippen LogP contribution < -0.4 is 5.32 Å². The van der Waals surface area contributed by atoms with Gasteiger partial charge in [-0.05, 0) is 48.4 Å². The van der Waals surface area contributed by atoms with E-state index in [2.05, 4.69) is 25.8 Å². The molecule has 1 aliphatic rings. The zero-order valence-corrected chi connectivity index (χ0v) is 17.6. The van der Waals surface area contributed by atoms with Gasteiger partial charge in [-0.15, -0.1) is 16.4 Å². The summed E-state index contributed by atoms with van der Waals surface area (Å²) in [6.45, 7) is 3.04. The number of anilines is 1. The summed E-state index contributed by atoms with van der Waals surface area (Å²) in [5.41, 5.74) is 0.886. The zero-order valence-electron chi connectivity index (χ0n) is 15.9. The number of tetrazole rings is 1. The van der Waals surface area contributed by atoms with Gasteiger partial charge < -0.3 is 10.1 Å². The summed E-state index contributed by atoms with van der Waals surface area (Å²) in [6, 6.07) is 3.55. The molecule has 1 aromatic carbocycles. The predicted octanol–water partition coefficient (Wildman–Crippen LogP) is 3.37. The monoisotopic (exact) mass is 452 g/mol. The molecule has 2 aromatic heterocycles. The van der Waals surface area contributed by atoms with E-state index in [1.165, 1.54) is 29.2 Å². The number of nitrogens with one attached hydrogen (secondary N) is 1. The van der Waals surface area contributed by atoms with Gasteiger partial charge >= 0.3 is 0 Å². The molecule has 0 unspecified atom stereocenters. The van der Waals surface area contributed by atoms with Crippen LogP contribution in [0, 0.1) is 11.6 Å². The maximum Gasteiger partial charge on any atom is 0.239 e. The Morgan fingerprint density at radius 1 is 1.43 bits per heavy atom. The van der Waals surface area contributed by atoms with Gasteiger partial charge in [-0.25, -0.2) is 18.4 Å². The Bertz CT molecular complexity index is 1040. The van der Waals surface area contributed by atoms with E-state index in [9.17, 15) is 13.6 Å². The molecule has 1 fully saturated rings. The molecule has 12 heteroatoms. The van der Waals surface area contributed by atoms with Crippen molar-refractivity contribution in [1.82, 2.24) is 25.2 Å². The third kappa shape index (κ3) is 4.82. The van der Waals surface area contributed by atoms with Gasteiger partial charge in [-0.2, -0.15) is 0 Å². The standard InChI is InChI=1S/C18H18F2N6O2S2/c1-10(30-18-23-24-25-26(18)8-12-3-2-6-28-12)16(27)22-17-21-15(9-29-17)11-4-5-13(19)14(20)7-11/h4-5,7,9-10,12H,2-3,6,8H2,1H3,(H,21,22,27)/t10-,12-/m1/s1. The fraction of sp³-hybridized carbons (Fsp3) is 0.389. The highest BCUT2D eigenvalue weighted by molar-refractivity contribution is 8.00. The first-order chi connectivity index (χ1) is 14.5. The number of amides is 1. The molecule has 3 heterocycles. The molecule has 1 N–H and O–H groups in total. The molecule has 2 atom stereocenters. The van der Waals surface area contributed by atoms with Crippen LogP contribution in [0.5, 0.6) is 0 Å². The zero-order chi connectivity index (χ0) is 21.1. The van der Waals surface area contributed by atoms with E-state index in [0.29, 0.717) is 28.1 Å². The van der Waals surface area contributed by atoms with Crippen molar-refractivity contribution in [2.75, 3.05) is 11.9 Å². The summed E-state index contributed by atoms with van der Waals surface area (Å²) in [4.78, 5) is 16.8. The normalized spacial score (nSPS) is 17.2. The van der Waals surface area contributed by atoms with E-state index in [1.807, 2.05) is 0 Å². The minimum atomic E-state index is -0.947. The average molecular weight is 453 g/mol. The number of nitrogens with zero attached hydrogens (tertiary/aromatic N) is 5. The number of thioether (sulfide) groups is 1. The summed E-state index contributed by atoms with van der Waals surface area (Å²) in [6.07, 6.45) is 2.07. The van der Waals surface area contributed by atoms with Gasteiger partial charge in [0.15, 0.2) is 16.8 Å². The SMILES string of the molecule is C[C@@H](Sc1nnnn1C[C@H]1CCCO1)C(=O)Nc1nc(-c2ccc(F)c(F)c2)cs1. The van der Waals surface area contributed by atoms with Gasteiger partial charge in [0.1, 0.15) is 0 Å². The fourth-order valence-electron chi connectivity index (χ4n) is 2.91. The molecule has 30 heavy (non-hydrogen) atoms. The quantitative estimate of drug-likeness (QED) is 0.549. The first-order valence-electron chi connectivity index (χ1n) is 9.26. The number of carbonyl (C=O) groups is 1.